The van der Waals surface area contributed by atoms with Gasteiger partial charge in [0, 0.05) is 18.5 Å². The van der Waals surface area contributed by atoms with E-state index in [1.807, 2.05) is 24.3 Å². The lowest BCUT2D eigenvalue weighted by Crippen LogP contribution is -2.10. The number of anilines is 1. The van der Waals surface area contributed by atoms with Crippen LogP contribution in [-0.2, 0) is 16.0 Å². The lowest BCUT2D eigenvalue weighted by atomic mass is 10.1. The Morgan fingerprint density at radius 2 is 1.75 bits per heavy atom. The van der Waals surface area contributed by atoms with Crippen molar-refractivity contribution in [1.82, 2.24) is 0 Å². The van der Waals surface area contributed by atoms with Crippen LogP contribution in [0.2, 0.25) is 0 Å². The average molecular weight is 277 g/mol. The number of amides is 1. The number of aryl methyl sites for hydroxylation is 1. The first-order valence-corrected chi connectivity index (χ1v) is 7.22. The van der Waals surface area contributed by atoms with E-state index >= 15 is 0 Å². The highest BCUT2D eigenvalue weighted by Crippen LogP contribution is 2.13. The van der Waals surface area contributed by atoms with Crippen molar-refractivity contribution in [3.8, 4) is 0 Å². The zero-order chi connectivity index (χ0) is 14.8. The van der Waals surface area contributed by atoms with Gasteiger partial charge in [-0.05, 0) is 43.4 Å². The molecule has 1 aromatic rings. The number of carboxylic acids is 1. The molecule has 0 bridgehead atoms. The Bertz CT molecular complexity index is 426. The van der Waals surface area contributed by atoms with E-state index in [1.54, 1.807) is 0 Å². The lowest BCUT2D eigenvalue weighted by Gasteiger charge is -2.06. The van der Waals surface area contributed by atoms with Gasteiger partial charge >= 0.3 is 5.97 Å². The molecule has 0 saturated heterocycles. The summed E-state index contributed by atoms with van der Waals surface area (Å²) in [5, 5.41) is 11.4. The molecule has 0 radical (unpaired) electrons. The van der Waals surface area contributed by atoms with Gasteiger partial charge in [0.2, 0.25) is 5.91 Å². The van der Waals surface area contributed by atoms with Crippen molar-refractivity contribution < 1.29 is 14.7 Å². The van der Waals surface area contributed by atoms with Gasteiger partial charge in [-0.2, -0.15) is 0 Å². The largest absolute Gasteiger partial charge is 0.481 e. The van der Waals surface area contributed by atoms with Gasteiger partial charge in [-0.1, -0.05) is 25.5 Å². The summed E-state index contributed by atoms with van der Waals surface area (Å²) in [6.07, 6.45) is 5.16. The number of unbranched alkanes of at least 4 members (excludes halogenated alkanes) is 2. The van der Waals surface area contributed by atoms with Crippen molar-refractivity contribution in [2.75, 3.05) is 5.32 Å². The zero-order valence-corrected chi connectivity index (χ0v) is 12.0. The molecule has 4 nitrogen and oxygen atoms in total. The van der Waals surface area contributed by atoms with Gasteiger partial charge in [-0.15, -0.1) is 0 Å². The molecule has 1 amide bonds. The molecular weight excluding hydrogens is 254 g/mol. The second kappa shape index (κ2) is 9.13. The molecule has 0 aliphatic carbocycles. The maximum Gasteiger partial charge on any atom is 0.303 e. The quantitative estimate of drug-likeness (QED) is 0.677. The number of benzene rings is 1. The van der Waals surface area contributed by atoms with Gasteiger partial charge in [-0.3, -0.25) is 9.59 Å². The van der Waals surface area contributed by atoms with Crippen LogP contribution in [0.5, 0.6) is 0 Å². The molecule has 110 valence electrons. The SMILES string of the molecule is CCCCC(=O)Nc1ccc(CCCCC(=O)O)cc1. The van der Waals surface area contributed by atoms with Crippen molar-refractivity contribution >= 4 is 17.6 Å². The summed E-state index contributed by atoms with van der Waals surface area (Å²) < 4.78 is 0. The van der Waals surface area contributed by atoms with Gasteiger partial charge in [0.25, 0.3) is 0 Å². The lowest BCUT2D eigenvalue weighted by molar-refractivity contribution is -0.137. The molecule has 0 spiro atoms. The summed E-state index contributed by atoms with van der Waals surface area (Å²) in [6.45, 7) is 2.06. The Morgan fingerprint density at radius 3 is 2.35 bits per heavy atom. The van der Waals surface area contributed by atoms with Crippen LogP contribution in [0.25, 0.3) is 0 Å². The van der Waals surface area contributed by atoms with Crippen LogP contribution in [0.4, 0.5) is 5.69 Å². The number of rotatable bonds is 9. The second-order valence-corrected chi connectivity index (χ2v) is 4.95. The van der Waals surface area contributed by atoms with E-state index in [0.29, 0.717) is 12.8 Å². The predicted octanol–water partition coefficient (Wildman–Crippen LogP) is 3.61. The Hall–Kier alpha value is -1.84. The third-order valence-corrected chi connectivity index (χ3v) is 3.10. The van der Waals surface area contributed by atoms with Crippen molar-refractivity contribution in [2.24, 2.45) is 0 Å². The second-order valence-electron chi connectivity index (χ2n) is 4.95. The molecule has 0 atom stereocenters. The van der Waals surface area contributed by atoms with Crippen LogP contribution in [0, 0.1) is 0 Å². The summed E-state index contributed by atoms with van der Waals surface area (Å²) in [4.78, 5) is 22.0. The van der Waals surface area contributed by atoms with E-state index in [4.69, 9.17) is 5.11 Å². The van der Waals surface area contributed by atoms with Crippen molar-refractivity contribution in [3.63, 3.8) is 0 Å². The number of carbonyl (C=O) groups is 2. The fourth-order valence-corrected chi connectivity index (χ4v) is 1.92. The average Bonchev–Trinajstić information content (AvgIpc) is 2.43. The fraction of sp³-hybridized carbons (Fsp3) is 0.500. The van der Waals surface area contributed by atoms with Crippen LogP contribution < -0.4 is 5.32 Å². The third kappa shape index (κ3) is 6.92. The molecule has 0 aromatic heterocycles. The van der Waals surface area contributed by atoms with Gasteiger partial charge in [0.15, 0.2) is 0 Å². The summed E-state index contributed by atoms with van der Waals surface area (Å²) in [6, 6.07) is 7.76. The number of carbonyl (C=O) groups excluding carboxylic acids is 1. The third-order valence-electron chi connectivity index (χ3n) is 3.10. The smallest absolute Gasteiger partial charge is 0.303 e. The van der Waals surface area contributed by atoms with Crippen LogP contribution >= 0.6 is 0 Å². The van der Waals surface area contributed by atoms with E-state index < -0.39 is 5.97 Å². The normalized spacial score (nSPS) is 10.2. The van der Waals surface area contributed by atoms with Gasteiger partial charge < -0.3 is 10.4 Å². The molecule has 2 N–H and O–H groups in total. The van der Waals surface area contributed by atoms with Gasteiger partial charge in [0.05, 0.1) is 0 Å². The highest BCUT2D eigenvalue weighted by atomic mass is 16.4. The minimum Gasteiger partial charge on any atom is -0.481 e. The molecule has 1 rings (SSSR count). The number of hydrogen-bond donors (Lipinski definition) is 2. The zero-order valence-electron chi connectivity index (χ0n) is 12.0. The first-order chi connectivity index (χ1) is 9.61. The monoisotopic (exact) mass is 277 g/mol. The molecule has 4 heteroatoms. The fourth-order valence-electron chi connectivity index (χ4n) is 1.92. The number of hydrogen-bond acceptors (Lipinski definition) is 2. The van der Waals surface area contributed by atoms with Gasteiger partial charge in [0.1, 0.15) is 0 Å². The summed E-state index contributed by atoms with van der Waals surface area (Å²) in [5.74, 6) is -0.684. The molecule has 20 heavy (non-hydrogen) atoms. The molecule has 0 saturated carbocycles. The van der Waals surface area contributed by atoms with E-state index in [-0.39, 0.29) is 12.3 Å². The summed E-state index contributed by atoms with van der Waals surface area (Å²) in [5.41, 5.74) is 1.99. The Morgan fingerprint density at radius 1 is 1.05 bits per heavy atom. The molecule has 0 fully saturated rings. The van der Waals surface area contributed by atoms with E-state index in [9.17, 15) is 9.59 Å². The van der Waals surface area contributed by atoms with Crippen LogP contribution in [0.15, 0.2) is 24.3 Å². The minimum atomic E-state index is -0.741. The van der Waals surface area contributed by atoms with E-state index in [0.717, 1.165) is 31.4 Å². The van der Waals surface area contributed by atoms with Gasteiger partial charge in [-0.25, -0.2) is 0 Å². The van der Waals surface area contributed by atoms with E-state index in [1.165, 1.54) is 5.56 Å². The molecular formula is C16H23NO3. The highest BCUT2D eigenvalue weighted by molar-refractivity contribution is 5.90. The Labute approximate surface area is 120 Å². The van der Waals surface area contributed by atoms with Crippen LogP contribution in [-0.4, -0.2) is 17.0 Å². The number of nitrogens with one attached hydrogen (secondary N) is 1. The topological polar surface area (TPSA) is 66.4 Å². The molecule has 0 aliphatic rings. The van der Waals surface area contributed by atoms with Crippen molar-refractivity contribution in [3.05, 3.63) is 29.8 Å². The molecule has 1 aromatic carbocycles. The highest BCUT2D eigenvalue weighted by Gasteiger charge is 2.02. The summed E-state index contributed by atoms with van der Waals surface area (Å²) >= 11 is 0. The van der Waals surface area contributed by atoms with Crippen molar-refractivity contribution in [2.45, 2.75) is 51.9 Å². The number of carboxylic acid groups (broad SMARTS) is 1. The maximum atomic E-state index is 11.6. The van der Waals surface area contributed by atoms with Crippen LogP contribution in [0.1, 0.15) is 51.0 Å². The standard InChI is InChI=1S/C16H23NO3/c1-2-3-7-15(18)17-14-11-9-13(10-12-14)6-4-5-8-16(19)20/h9-12H,2-8H2,1H3,(H,17,18)(H,19,20). The predicted molar refractivity (Wildman–Crippen MR) is 79.8 cm³/mol. The van der Waals surface area contributed by atoms with Crippen molar-refractivity contribution in [1.29, 1.82) is 0 Å². The maximum absolute atomic E-state index is 11.6. The van der Waals surface area contributed by atoms with E-state index in [2.05, 4.69) is 12.2 Å². The molecule has 0 unspecified atom stereocenters. The first kappa shape index (κ1) is 16.2. The minimum absolute atomic E-state index is 0.0565. The Kier molecular flexibility index (Phi) is 7.40. The first-order valence-electron chi connectivity index (χ1n) is 7.22. The molecule has 0 aliphatic heterocycles. The molecule has 0 heterocycles. The number of aliphatic carboxylic acids is 1. The van der Waals surface area contributed by atoms with Crippen LogP contribution in [0.3, 0.4) is 0 Å². The summed E-state index contributed by atoms with van der Waals surface area (Å²) in [7, 11) is 0. The Balaban J connectivity index is 2.32.